The predicted octanol–water partition coefficient (Wildman–Crippen LogP) is 6.72. The van der Waals surface area contributed by atoms with Crippen LogP contribution in [0.15, 0.2) is 0 Å². The molecule has 0 bridgehead atoms. The number of unbranched alkanes of at least 4 members (excludes halogenated alkanes) is 16. The van der Waals surface area contributed by atoms with Crippen LogP contribution < -0.4 is 22.1 Å². The van der Waals surface area contributed by atoms with Gasteiger partial charge < -0.3 is 41.4 Å². The summed E-state index contributed by atoms with van der Waals surface area (Å²) in [5.41, 5.74) is 11.7. The Morgan fingerprint density at radius 1 is 0.482 bits per heavy atom. The van der Waals surface area contributed by atoms with Gasteiger partial charge in [0.2, 0.25) is 23.6 Å². The summed E-state index contributed by atoms with van der Waals surface area (Å²) in [6.07, 6.45) is 22.1. The molecule has 0 spiro atoms. The number of carbonyl (C=O) groups excluding carboxylic acids is 4. The molecular formula is C44H88N6O6. The number of nitrogens with two attached hydrogens (primary N) is 2. The van der Waals surface area contributed by atoms with Gasteiger partial charge in [0, 0.05) is 52.1 Å². The largest absolute Gasteiger partial charge is 0.377 e. The van der Waals surface area contributed by atoms with E-state index in [2.05, 4.69) is 24.5 Å². The molecule has 330 valence electrons. The van der Waals surface area contributed by atoms with Crippen molar-refractivity contribution in [1.82, 2.24) is 20.4 Å². The Balaban J connectivity index is 4.49. The first-order chi connectivity index (χ1) is 27.1. The zero-order valence-electron chi connectivity index (χ0n) is 37.0. The second-order valence-corrected chi connectivity index (χ2v) is 16.1. The summed E-state index contributed by atoms with van der Waals surface area (Å²) in [7, 11) is 0. The third kappa shape index (κ3) is 26.6. The van der Waals surface area contributed by atoms with Crippen LogP contribution >= 0.6 is 0 Å². The van der Waals surface area contributed by atoms with Gasteiger partial charge in [0.15, 0.2) is 0 Å². The summed E-state index contributed by atoms with van der Waals surface area (Å²) in [5.74, 6) is -0.538. The maximum absolute atomic E-state index is 13.2. The molecule has 0 aliphatic heterocycles. The minimum Gasteiger partial charge on any atom is -0.377 e. The van der Waals surface area contributed by atoms with Gasteiger partial charge in [0.25, 0.3) is 0 Å². The summed E-state index contributed by atoms with van der Waals surface area (Å²) in [6.45, 7) is 15.5. The molecule has 0 aliphatic carbocycles. The van der Waals surface area contributed by atoms with E-state index in [1.807, 2.05) is 27.7 Å². The van der Waals surface area contributed by atoms with Crippen LogP contribution in [0.5, 0.6) is 0 Å². The van der Waals surface area contributed by atoms with E-state index in [-0.39, 0.29) is 35.5 Å². The number of hydrogen-bond acceptors (Lipinski definition) is 8. The highest BCUT2D eigenvalue weighted by atomic mass is 16.5. The van der Waals surface area contributed by atoms with Crippen molar-refractivity contribution in [2.24, 2.45) is 23.3 Å². The molecule has 0 saturated heterocycles. The molecule has 0 aliphatic rings. The fraction of sp³-hybridized carbons (Fsp3) is 0.909. The Morgan fingerprint density at radius 3 is 1.07 bits per heavy atom. The Hall–Kier alpha value is -2.28. The number of carbonyl (C=O) groups is 4. The fourth-order valence-corrected chi connectivity index (χ4v) is 7.21. The van der Waals surface area contributed by atoms with Crippen molar-refractivity contribution < 1.29 is 28.7 Å². The molecule has 0 radical (unpaired) electrons. The maximum atomic E-state index is 13.2. The van der Waals surface area contributed by atoms with E-state index in [0.29, 0.717) is 78.5 Å². The quantitative estimate of drug-likeness (QED) is 0.0498. The van der Waals surface area contributed by atoms with E-state index in [0.717, 1.165) is 38.5 Å². The van der Waals surface area contributed by atoms with E-state index in [9.17, 15) is 19.2 Å². The van der Waals surface area contributed by atoms with Gasteiger partial charge in [0.05, 0.1) is 26.4 Å². The van der Waals surface area contributed by atoms with Gasteiger partial charge >= 0.3 is 0 Å². The van der Waals surface area contributed by atoms with Crippen molar-refractivity contribution in [3.63, 3.8) is 0 Å². The van der Waals surface area contributed by atoms with E-state index in [1.54, 1.807) is 9.80 Å². The van der Waals surface area contributed by atoms with Crippen LogP contribution in [0.4, 0.5) is 0 Å². The van der Waals surface area contributed by atoms with E-state index < -0.39 is 12.1 Å². The summed E-state index contributed by atoms with van der Waals surface area (Å²) in [6, 6.07) is -1.17. The normalized spacial score (nSPS) is 12.5. The van der Waals surface area contributed by atoms with E-state index in [4.69, 9.17) is 20.9 Å². The van der Waals surface area contributed by atoms with Gasteiger partial charge in [0.1, 0.15) is 12.1 Å². The Labute approximate surface area is 343 Å². The molecule has 0 fully saturated rings. The number of amides is 4. The van der Waals surface area contributed by atoms with Crippen LogP contribution in [0.2, 0.25) is 0 Å². The molecule has 0 heterocycles. The zero-order valence-corrected chi connectivity index (χ0v) is 37.0. The lowest BCUT2D eigenvalue weighted by molar-refractivity contribution is -0.142. The van der Waals surface area contributed by atoms with Gasteiger partial charge in [-0.3, -0.25) is 19.2 Å². The van der Waals surface area contributed by atoms with E-state index in [1.165, 1.54) is 77.0 Å². The van der Waals surface area contributed by atoms with Gasteiger partial charge in [-0.1, -0.05) is 144 Å². The van der Waals surface area contributed by atoms with Crippen molar-refractivity contribution in [2.45, 2.75) is 182 Å². The molecule has 12 heteroatoms. The first-order valence-corrected chi connectivity index (χ1v) is 22.8. The average molecular weight is 797 g/mol. The highest BCUT2D eigenvalue weighted by Crippen LogP contribution is 2.17. The third-order valence-corrected chi connectivity index (χ3v) is 10.3. The van der Waals surface area contributed by atoms with Crippen LogP contribution in [0, 0.1) is 11.8 Å². The molecule has 4 amide bonds. The molecule has 0 aromatic rings. The molecule has 0 saturated carbocycles. The van der Waals surface area contributed by atoms with Crippen molar-refractivity contribution in [1.29, 1.82) is 0 Å². The number of hydrogen-bond donors (Lipinski definition) is 4. The summed E-state index contributed by atoms with van der Waals surface area (Å²) in [5, 5.41) is 5.87. The number of rotatable bonds is 39. The smallest absolute Gasteiger partial charge is 0.243 e. The third-order valence-electron chi connectivity index (χ3n) is 10.3. The first-order valence-electron chi connectivity index (χ1n) is 22.8. The van der Waals surface area contributed by atoms with Crippen LogP contribution in [-0.4, -0.2) is 111 Å². The monoisotopic (exact) mass is 797 g/mol. The molecule has 0 aromatic carbocycles. The van der Waals surface area contributed by atoms with Crippen LogP contribution in [0.25, 0.3) is 0 Å². The summed E-state index contributed by atoms with van der Waals surface area (Å²) >= 11 is 0. The number of ether oxygens (including phenoxy) is 2. The molecule has 2 unspecified atom stereocenters. The first kappa shape index (κ1) is 53.7. The Bertz CT molecular complexity index is 908. The molecule has 2 atom stereocenters. The van der Waals surface area contributed by atoms with Crippen LogP contribution in [-0.2, 0) is 28.7 Å². The number of nitrogens with one attached hydrogen (secondary N) is 2. The van der Waals surface area contributed by atoms with Crippen LogP contribution in [0.3, 0.4) is 0 Å². The predicted molar refractivity (Wildman–Crippen MR) is 230 cm³/mol. The van der Waals surface area contributed by atoms with Crippen molar-refractivity contribution in [3.05, 3.63) is 0 Å². The fourth-order valence-electron chi connectivity index (χ4n) is 7.21. The molecule has 12 nitrogen and oxygen atoms in total. The average Bonchev–Trinajstić information content (AvgIpc) is 3.16. The molecule has 0 rings (SSSR count). The summed E-state index contributed by atoms with van der Waals surface area (Å²) in [4.78, 5) is 56.2. The van der Waals surface area contributed by atoms with Crippen molar-refractivity contribution in [3.8, 4) is 0 Å². The SMILES string of the molecule is CCCCCCCCCCCC(=O)N(CCN)C(C(=O)NCCOCCOCCNC(=O)C(C(C)C)N(CCN)C(=O)CCCCCCCCCCC)C(C)C. The second kappa shape index (κ2) is 37.0. The van der Waals surface area contributed by atoms with Gasteiger partial charge in [-0.15, -0.1) is 0 Å². The lowest BCUT2D eigenvalue weighted by Crippen LogP contribution is -2.54. The molecule has 0 aromatic heterocycles. The standard InChI is InChI=1S/C44H88N6O6/c1-7-9-11-13-15-17-19-21-23-25-39(51)49(31-27-45)41(37(3)4)43(53)47-29-33-55-35-36-56-34-30-48-44(54)42(38(5)6)50(32-28-46)40(52)26-24-22-20-18-16-14-12-10-8-2/h37-38,41-42H,7-36,45-46H2,1-6H3,(H,47,53)(H,48,54). The topological polar surface area (TPSA) is 169 Å². The molecular weight excluding hydrogens is 709 g/mol. The lowest BCUT2D eigenvalue weighted by Gasteiger charge is -2.33. The van der Waals surface area contributed by atoms with Crippen LogP contribution in [0.1, 0.15) is 170 Å². The Kier molecular flexibility index (Phi) is 35.5. The number of nitrogens with zero attached hydrogens (tertiary/aromatic N) is 2. The van der Waals surface area contributed by atoms with Crippen molar-refractivity contribution in [2.75, 3.05) is 65.7 Å². The Morgan fingerprint density at radius 2 is 0.786 bits per heavy atom. The highest BCUT2D eigenvalue weighted by molar-refractivity contribution is 5.88. The maximum Gasteiger partial charge on any atom is 0.243 e. The lowest BCUT2D eigenvalue weighted by atomic mass is 10.00. The molecule has 6 N–H and O–H groups in total. The van der Waals surface area contributed by atoms with E-state index >= 15 is 0 Å². The second-order valence-electron chi connectivity index (χ2n) is 16.1. The van der Waals surface area contributed by atoms with Gasteiger partial charge in [-0.25, -0.2) is 0 Å². The highest BCUT2D eigenvalue weighted by Gasteiger charge is 2.32. The summed E-state index contributed by atoms with van der Waals surface area (Å²) < 4.78 is 11.3. The minimum atomic E-state index is -0.585. The van der Waals surface area contributed by atoms with Gasteiger partial charge in [-0.05, 0) is 24.7 Å². The van der Waals surface area contributed by atoms with Crippen molar-refractivity contribution >= 4 is 23.6 Å². The van der Waals surface area contributed by atoms with Gasteiger partial charge in [-0.2, -0.15) is 0 Å². The zero-order chi connectivity index (χ0) is 41.8. The minimum absolute atomic E-state index is 0.0118. The molecule has 56 heavy (non-hydrogen) atoms.